The largest absolute Gasteiger partial charge is 0.378 e. The maximum atomic E-state index is 14.1. The van der Waals surface area contributed by atoms with Crippen molar-refractivity contribution in [2.75, 3.05) is 41.9 Å². The molecule has 8 nitrogen and oxygen atoms in total. The first-order valence-electron chi connectivity index (χ1n) is 9.30. The van der Waals surface area contributed by atoms with Crippen LogP contribution in [0.4, 0.5) is 27.5 Å². The lowest BCUT2D eigenvalue weighted by molar-refractivity contribution is 0.122. The van der Waals surface area contributed by atoms with Gasteiger partial charge < -0.3 is 15.0 Å². The Bertz CT molecular complexity index is 1030. The van der Waals surface area contributed by atoms with Gasteiger partial charge in [0.05, 0.1) is 43.2 Å². The molecule has 1 saturated heterocycles. The number of nitrogens with zero attached hydrogens (tertiary/aromatic N) is 5. The van der Waals surface area contributed by atoms with Crippen LogP contribution in [0.2, 0.25) is 5.02 Å². The lowest BCUT2D eigenvalue weighted by Crippen LogP contribution is -2.37. The molecular weight excluding hydrogens is 409 g/mol. The number of nitrogens with one attached hydrogen (secondary N) is 2. The second-order valence-corrected chi connectivity index (χ2v) is 6.88. The van der Waals surface area contributed by atoms with Gasteiger partial charge in [0.25, 0.3) is 0 Å². The van der Waals surface area contributed by atoms with E-state index in [2.05, 4.69) is 30.8 Å². The van der Waals surface area contributed by atoms with Crippen LogP contribution in [0.25, 0.3) is 0 Å². The number of hydrogen-bond donors (Lipinski definition) is 2. The molecule has 0 spiro atoms. The summed E-state index contributed by atoms with van der Waals surface area (Å²) < 4.78 is 19.3. The zero-order chi connectivity index (χ0) is 20.8. The van der Waals surface area contributed by atoms with Crippen molar-refractivity contribution < 1.29 is 9.13 Å². The van der Waals surface area contributed by atoms with E-state index < -0.39 is 5.82 Å². The monoisotopic (exact) mass is 427 g/mol. The summed E-state index contributed by atoms with van der Waals surface area (Å²) in [4.78, 5) is 14.3. The normalized spacial score (nSPS) is 14.1. The van der Waals surface area contributed by atoms with E-state index in [0.29, 0.717) is 37.0 Å². The van der Waals surface area contributed by atoms with Gasteiger partial charge in [0, 0.05) is 23.8 Å². The van der Waals surface area contributed by atoms with Crippen molar-refractivity contribution in [1.29, 1.82) is 0 Å². The number of rotatable bonds is 6. The van der Waals surface area contributed by atoms with Gasteiger partial charge in [-0.15, -0.1) is 0 Å². The first-order valence-corrected chi connectivity index (χ1v) is 9.68. The van der Waals surface area contributed by atoms with Gasteiger partial charge in [-0.1, -0.05) is 17.7 Å². The molecule has 10 heteroatoms. The standard InChI is InChI=1S/C20H19ClFN7O/c21-14-2-1-3-15(10-14)26-17-5-4-16(23-11-17)12-25-28-20-24-13-18(22)19(27-20)29-6-8-30-9-7-29/h1-5,10-13,26H,6-9H2,(H,24,27,28)/b25-12+. The Morgan fingerprint density at radius 3 is 2.73 bits per heavy atom. The van der Waals surface area contributed by atoms with Gasteiger partial charge >= 0.3 is 0 Å². The number of benzene rings is 1. The fourth-order valence-electron chi connectivity index (χ4n) is 2.85. The summed E-state index contributed by atoms with van der Waals surface area (Å²) in [6.07, 6.45) is 4.35. The summed E-state index contributed by atoms with van der Waals surface area (Å²) in [5, 5.41) is 7.96. The summed E-state index contributed by atoms with van der Waals surface area (Å²) in [6.45, 7) is 2.24. The molecule has 0 atom stereocenters. The number of halogens is 2. The van der Waals surface area contributed by atoms with Crippen LogP contribution in [0.5, 0.6) is 0 Å². The molecule has 3 heterocycles. The minimum absolute atomic E-state index is 0.202. The highest BCUT2D eigenvalue weighted by molar-refractivity contribution is 6.30. The van der Waals surface area contributed by atoms with Gasteiger partial charge in [-0.3, -0.25) is 4.98 Å². The smallest absolute Gasteiger partial charge is 0.245 e. The number of hydrazone groups is 1. The second-order valence-electron chi connectivity index (χ2n) is 6.44. The van der Waals surface area contributed by atoms with Crippen molar-refractivity contribution in [2.45, 2.75) is 0 Å². The van der Waals surface area contributed by atoms with Crippen LogP contribution in [-0.4, -0.2) is 47.5 Å². The predicted octanol–water partition coefficient (Wildman–Crippen LogP) is 3.69. The molecule has 2 N–H and O–H groups in total. The number of morpholine rings is 1. The average Bonchev–Trinajstić information content (AvgIpc) is 2.77. The SMILES string of the molecule is Fc1cnc(N/N=C/c2ccc(Nc3cccc(Cl)c3)cn2)nc1N1CCOCC1. The molecule has 1 aliphatic rings. The summed E-state index contributed by atoms with van der Waals surface area (Å²) in [5.41, 5.74) is 5.04. The molecule has 0 saturated carbocycles. The van der Waals surface area contributed by atoms with Crippen LogP contribution in [-0.2, 0) is 4.74 Å². The molecule has 0 amide bonds. The fourth-order valence-corrected chi connectivity index (χ4v) is 3.04. The molecule has 0 radical (unpaired) electrons. The van der Waals surface area contributed by atoms with Crippen LogP contribution in [0, 0.1) is 5.82 Å². The number of ether oxygens (including phenoxy) is 1. The van der Waals surface area contributed by atoms with Crippen molar-refractivity contribution >= 4 is 41.0 Å². The molecule has 0 aliphatic carbocycles. The van der Waals surface area contributed by atoms with Crippen LogP contribution in [0.1, 0.15) is 5.69 Å². The highest BCUT2D eigenvalue weighted by Gasteiger charge is 2.17. The number of aromatic nitrogens is 3. The molecular formula is C20H19ClFN7O. The number of pyridine rings is 1. The van der Waals surface area contributed by atoms with Crippen molar-refractivity contribution in [1.82, 2.24) is 15.0 Å². The van der Waals surface area contributed by atoms with Crippen molar-refractivity contribution in [3.63, 3.8) is 0 Å². The number of anilines is 4. The highest BCUT2D eigenvalue weighted by atomic mass is 35.5. The number of hydrogen-bond acceptors (Lipinski definition) is 8. The second kappa shape index (κ2) is 9.47. The topological polar surface area (TPSA) is 87.6 Å². The fraction of sp³-hybridized carbons (Fsp3) is 0.200. The molecule has 0 bridgehead atoms. The third-order valence-corrected chi connectivity index (χ3v) is 4.53. The highest BCUT2D eigenvalue weighted by Crippen LogP contribution is 2.20. The molecule has 154 valence electrons. The van der Waals surface area contributed by atoms with Crippen LogP contribution >= 0.6 is 11.6 Å². The molecule has 1 aromatic carbocycles. The Balaban J connectivity index is 1.37. The van der Waals surface area contributed by atoms with Gasteiger partial charge in [0.15, 0.2) is 11.6 Å². The van der Waals surface area contributed by atoms with Gasteiger partial charge in [-0.2, -0.15) is 10.1 Å². The summed E-state index contributed by atoms with van der Waals surface area (Å²) in [5.74, 6) is -0.0372. The minimum Gasteiger partial charge on any atom is -0.378 e. The third-order valence-electron chi connectivity index (χ3n) is 4.30. The quantitative estimate of drug-likeness (QED) is 0.458. The zero-order valence-electron chi connectivity index (χ0n) is 15.9. The maximum absolute atomic E-state index is 14.1. The zero-order valence-corrected chi connectivity index (χ0v) is 16.7. The van der Waals surface area contributed by atoms with Crippen molar-refractivity contribution in [2.24, 2.45) is 5.10 Å². The van der Waals surface area contributed by atoms with Gasteiger partial charge in [0.1, 0.15) is 0 Å². The lowest BCUT2D eigenvalue weighted by atomic mass is 10.3. The maximum Gasteiger partial charge on any atom is 0.245 e. The third kappa shape index (κ3) is 5.19. The molecule has 1 aliphatic heterocycles. The van der Waals surface area contributed by atoms with Gasteiger partial charge in [-0.25, -0.2) is 14.8 Å². The van der Waals surface area contributed by atoms with Gasteiger partial charge in [0.2, 0.25) is 5.95 Å². The predicted molar refractivity (Wildman–Crippen MR) is 115 cm³/mol. The molecule has 2 aromatic heterocycles. The van der Waals surface area contributed by atoms with E-state index in [9.17, 15) is 4.39 Å². The first kappa shape index (κ1) is 20.0. The Hall–Kier alpha value is -3.30. The minimum atomic E-state index is -0.476. The Morgan fingerprint density at radius 1 is 1.10 bits per heavy atom. The van der Waals surface area contributed by atoms with Gasteiger partial charge in [-0.05, 0) is 30.3 Å². The first-order chi connectivity index (χ1) is 14.7. The average molecular weight is 428 g/mol. The van der Waals surface area contributed by atoms with E-state index in [1.807, 2.05) is 41.3 Å². The summed E-state index contributed by atoms with van der Waals surface area (Å²) >= 11 is 5.99. The molecule has 4 rings (SSSR count). The van der Waals surface area contributed by atoms with E-state index in [4.69, 9.17) is 16.3 Å². The molecule has 30 heavy (non-hydrogen) atoms. The van der Waals surface area contributed by atoms with Crippen LogP contribution in [0.3, 0.4) is 0 Å². The molecule has 3 aromatic rings. The van der Waals surface area contributed by atoms with Crippen LogP contribution in [0.15, 0.2) is 53.9 Å². The van der Waals surface area contributed by atoms with Crippen molar-refractivity contribution in [3.05, 3.63) is 65.3 Å². The van der Waals surface area contributed by atoms with E-state index in [-0.39, 0.29) is 11.8 Å². The Kier molecular flexibility index (Phi) is 6.31. The molecule has 0 unspecified atom stereocenters. The Labute approximate surface area is 177 Å². The van der Waals surface area contributed by atoms with Crippen molar-refractivity contribution in [3.8, 4) is 0 Å². The van der Waals surface area contributed by atoms with E-state index in [1.54, 1.807) is 6.20 Å². The van der Waals surface area contributed by atoms with E-state index in [0.717, 1.165) is 17.6 Å². The van der Waals surface area contributed by atoms with E-state index in [1.165, 1.54) is 6.21 Å². The molecule has 1 fully saturated rings. The summed E-state index contributed by atoms with van der Waals surface area (Å²) in [6, 6.07) is 11.1. The van der Waals surface area contributed by atoms with E-state index >= 15 is 0 Å². The van der Waals surface area contributed by atoms with Crippen LogP contribution < -0.4 is 15.6 Å². The Morgan fingerprint density at radius 2 is 1.97 bits per heavy atom. The summed E-state index contributed by atoms with van der Waals surface area (Å²) in [7, 11) is 0. The lowest BCUT2D eigenvalue weighted by Gasteiger charge is -2.27.